The lowest BCUT2D eigenvalue weighted by Gasteiger charge is -2.32. The Kier molecular flexibility index (Phi) is 5.54. The minimum absolute atomic E-state index is 0.107. The van der Waals surface area contributed by atoms with Gasteiger partial charge < -0.3 is 10.2 Å². The molecule has 4 aromatic rings. The number of nitrogens with zero attached hydrogens (tertiary/aromatic N) is 3. The van der Waals surface area contributed by atoms with Crippen LogP contribution in [0, 0.1) is 5.92 Å². The zero-order valence-corrected chi connectivity index (χ0v) is 19.3. The van der Waals surface area contributed by atoms with Gasteiger partial charge in [0.15, 0.2) is 0 Å². The first-order chi connectivity index (χ1) is 16.7. The molecule has 34 heavy (non-hydrogen) atoms. The number of carbonyl (C=O) groups is 1. The summed E-state index contributed by atoms with van der Waals surface area (Å²) in [5.74, 6) is 1.08. The summed E-state index contributed by atoms with van der Waals surface area (Å²) in [5.41, 5.74) is 5.98. The van der Waals surface area contributed by atoms with Gasteiger partial charge in [-0.05, 0) is 67.0 Å². The van der Waals surface area contributed by atoms with E-state index >= 15 is 0 Å². The Morgan fingerprint density at radius 3 is 2.59 bits per heavy atom. The molecule has 1 aliphatic heterocycles. The Balaban J connectivity index is 1.03. The molecule has 1 aliphatic carbocycles. The van der Waals surface area contributed by atoms with Crippen LogP contribution in [0.4, 0.5) is 4.79 Å². The number of para-hydroxylation sites is 2. The van der Waals surface area contributed by atoms with Gasteiger partial charge in [-0.15, -0.1) is 0 Å². The number of benzene rings is 3. The molecule has 1 unspecified atom stereocenters. The van der Waals surface area contributed by atoms with Crippen molar-refractivity contribution in [3.63, 3.8) is 0 Å². The van der Waals surface area contributed by atoms with Gasteiger partial charge >= 0.3 is 6.03 Å². The SMILES string of the molecule is O=C(NC1C[C@H]1c1ccccc1)N1CCC(Cc2cccc(-n3cnc4ccccc43)c2)CC1. The minimum Gasteiger partial charge on any atom is -0.335 e. The monoisotopic (exact) mass is 450 g/mol. The van der Waals surface area contributed by atoms with Crippen molar-refractivity contribution in [3.8, 4) is 5.69 Å². The fourth-order valence-electron chi connectivity index (χ4n) is 5.34. The molecule has 6 rings (SSSR count). The molecule has 172 valence electrons. The van der Waals surface area contributed by atoms with Crippen molar-refractivity contribution in [2.75, 3.05) is 13.1 Å². The maximum atomic E-state index is 12.8. The highest BCUT2D eigenvalue weighted by Gasteiger charge is 2.40. The topological polar surface area (TPSA) is 50.2 Å². The van der Waals surface area contributed by atoms with Gasteiger partial charge in [-0.1, -0.05) is 54.6 Å². The average Bonchev–Trinajstić information content (AvgIpc) is 3.51. The number of piperidine rings is 1. The second kappa shape index (κ2) is 8.98. The van der Waals surface area contributed by atoms with Crippen molar-refractivity contribution >= 4 is 17.1 Å². The van der Waals surface area contributed by atoms with E-state index in [0.717, 1.165) is 55.5 Å². The van der Waals surface area contributed by atoms with E-state index in [-0.39, 0.29) is 12.1 Å². The Morgan fingerprint density at radius 1 is 0.941 bits per heavy atom. The van der Waals surface area contributed by atoms with Crippen LogP contribution >= 0.6 is 0 Å². The van der Waals surface area contributed by atoms with Crippen LogP contribution in [0.25, 0.3) is 16.7 Å². The van der Waals surface area contributed by atoms with E-state index in [2.05, 4.69) is 75.5 Å². The van der Waals surface area contributed by atoms with Crippen molar-refractivity contribution in [1.82, 2.24) is 19.8 Å². The smallest absolute Gasteiger partial charge is 0.317 e. The number of hydrogen-bond acceptors (Lipinski definition) is 2. The van der Waals surface area contributed by atoms with Gasteiger partial charge in [0, 0.05) is 30.7 Å². The number of imidazole rings is 1. The number of aromatic nitrogens is 2. The maximum Gasteiger partial charge on any atom is 0.317 e. The van der Waals surface area contributed by atoms with Gasteiger partial charge in [0.1, 0.15) is 6.33 Å². The number of hydrogen-bond donors (Lipinski definition) is 1. The molecule has 1 saturated heterocycles. The number of fused-ring (bicyclic) bond motifs is 1. The molecule has 0 bridgehead atoms. The van der Waals surface area contributed by atoms with Gasteiger partial charge in [0.2, 0.25) is 0 Å². The Hall–Kier alpha value is -3.60. The predicted octanol–water partition coefficient (Wildman–Crippen LogP) is 5.55. The van der Waals surface area contributed by atoms with Crippen LogP contribution in [-0.2, 0) is 6.42 Å². The van der Waals surface area contributed by atoms with Gasteiger partial charge in [0.25, 0.3) is 0 Å². The number of amides is 2. The van der Waals surface area contributed by atoms with Crippen LogP contribution in [-0.4, -0.2) is 39.6 Å². The van der Waals surface area contributed by atoms with Crippen molar-refractivity contribution in [2.24, 2.45) is 5.92 Å². The van der Waals surface area contributed by atoms with Gasteiger partial charge in [-0.2, -0.15) is 0 Å². The molecule has 5 nitrogen and oxygen atoms in total. The molecular weight excluding hydrogens is 420 g/mol. The first-order valence-corrected chi connectivity index (χ1v) is 12.4. The maximum absolute atomic E-state index is 12.8. The summed E-state index contributed by atoms with van der Waals surface area (Å²) in [6, 6.07) is 27.9. The minimum atomic E-state index is 0.107. The number of nitrogens with one attached hydrogen (secondary N) is 1. The second-order valence-corrected chi connectivity index (χ2v) is 9.72. The first kappa shape index (κ1) is 21.0. The van der Waals surface area contributed by atoms with E-state index < -0.39 is 0 Å². The largest absolute Gasteiger partial charge is 0.335 e. The number of likely N-dealkylation sites (tertiary alicyclic amines) is 1. The summed E-state index contributed by atoms with van der Waals surface area (Å²) in [6.07, 6.45) is 6.11. The molecule has 3 aromatic carbocycles. The lowest BCUT2D eigenvalue weighted by molar-refractivity contribution is 0.170. The molecule has 1 N–H and O–H groups in total. The van der Waals surface area contributed by atoms with Crippen LogP contribution in [0.5, 0.6) is 0 Å². The Bertz CT molecular complexity index is 1290. The summed E-state index contributed by atoms with van der Waals surface area (Å²) in [6.45, 7) is 1.68. The van der Waals surface area contributed by atoms with Gasteiger partial charge in [-0.3, -0.25) is 4.57 Å². The van der Waals surface area contributed by atoms with E-state index in [1.165, 1.54) is 11.1 Å². The van der Waals surface area contributed by atoms with Crippen molar-refractivity contribution < 1.29 is 4.79 Å². The Labute approximate surface area is 200 Å². The lowest BCUT2D eigenvalue weighted by atomic mass is 9.90. The van der Waals surface area contributed by atoms with Gasteiger partial charge in [-0.25, -0.2) is 9.78 Å². The molecule has 2 aliphatic rings. The van der Waals surface area contributed by atoms with Gasteiger partial charge in [0.05, 0.1) is 11.0 Å². The summed E-state index contributed by atoms with van der Waals surface area (Å²) in [4.78, 5) is 19.3. The highest BCUT2D eigenvalue weighted by Crippen LogP contribution is 2.40. The number of urea groups is 1. The van der Waals surface area contributed by atoms with Crippen LogP contribution in [0.1, 0.15) is 36.3 Å². The summed E-state index contributed by atoms with van der Waals surface area (Å²) in [7, 11) is 0. The summed E-state index contributed by atoms with van der Waals surface area (Å²) in [5, 5.41) is 3.25. The third-order valence-electron chi connectivity index (χ3n) is 7.40. The second-order valence-electron chi connectivity index (χ2n) is 9.72. The first-order valence-electron chi connectivity index (χ1n) is 12.4. The molecule has 0 radical (unpaired) electrons. The third-order valence-corrected chi connectivity index (χ3v) is 7.40. The fraction of sp³-hybridized carbons (Fsp3) is 0.310. The summed E-state index contributed by atoms with van der Waals surface area (Å²) >= 11 is 0. The fourth-order valence-corrected chi connectivity index (χ4v) is 5.34. The Morgan fingerprint density at radius 2 is 1.74 bits per heavy atom. The molecular formula is C29H30N4O. The molecule has 2 fully saturated rings. The summed E-state index contributed by atoms with van der Waals surface area (Å²) < 4.78 is 2.16. The molecule has 2 amide bonds. The van der Waals surface area contributed by atoms with E-state index in [1.807, 2.05) is 29.4 Å². The molecule has 1 aromatic heterocycles. The van der Waals surface area contributed by atoms with E-state index in [9.17, 15) is 4.79 Å². The third kappa shape index (κ3) is 4.30. The molecule has 0 spiro atoms. The number of carbonyl (C=O) groups excluding carboxylic acids is 1. The van der Waals surface area contributed by atoms with E-state index in [4.69, 9.17) is 0 Å². The van der Waals surface area contributed by atoms with Crippen molar-refractivity contribution in [1.29, 1.82) is 0 Å². The van der Waals surface area contributed by atoms with Crippen molar-refractivity contribution in [3.05, 3.63) is 96.3 Å². The molecule has 5 heteroatoms. The predicted molar refractivity (Wildman–Crippen MR) is 135 cm³/mol. The van der Waals surface area contributed by atoms with Crippen LogP contribution in [0.15, 0.2) is 85.2 Å². The molecule has 2 heterocycles. The zero-order valence-electron chi connectivity index (χ0n) is 19.3. The molecule has 2 atom stereocenters. The van der Waals surface area contributed by atoms with Crippen LogP contribution in [0.3, 0.4) is 0 Å². The number of rotatable bonds is 5. The normalized spacial score (nSPS) is 20.4. The van der Waals surface area contributed by atoms with E-state index in [0.29, 0.717) is 11.8 Å². The van der Waals surface area contributed by atoms with Crippen LogP contribution in [0.2, 0.25) is 0 Å². The highest BCUT2D eigenvalue weighted by atomic mass is 16.2. The zero-order chi connectivity index (χ0) is 22.9. The highest BCUT2D eigenvalue weighted by molar-refractivity contribution is 5.77. The van der Waals surface area contributed by atoms with Crippen molar-refractivity contribution in [2.45, 2.75) is 37.6 Å². The van der Waals surface area contributed by atoms with E-state index in [1.54, 1.807) is 0 Å². The standard InChI is InChI=1S/C29H30N4O/c34-29(31-27-19-25(27)23-8-2-1-3-9-23)32-15-13-21(14-16-32)17-22-7-6-10-24(18-22)33-20-30-26-11-4-5-12-28(26)33/h1-12,18,20-21,25,27H,13-17,19H2,(H,31,34)/t25-,27?/m0/s1. The van der Waals surface area contributed by atoms with Crippen LogP contribution < -0.4 is 5.32 Å². The lowest BCUT2D eigenvalue weighted by Crippen LogP contribution is -2.45. The average molecular weight is 451 g/mol. The molecule has 1 saturated carbocycles. The quantitative estimate of drug-likeness (QED) is 0.434.